The van der Waals surface area contributed by atoms with E-state index in [1.54, 1.807) is 6.07 Å². The third kappa shape index (κ3) is 2.70. The summed E-state index contributed by atoms with van der Waals surface area (Å²) in [6, 6.07) is 6.09. The summed E-state index contributed by atoms with van der Waals surface area (Å²) in [5.41, 5.74) is 0. The van der Waals surface area contributed by atoms with Crippen molar-refractivity contribution in [2.24, 2.45) is 0 Å². The summed E-state index contributed by atoms with van der Waals surface area (Å²) in [5, 5.41) is 3.15. The van der Waals surface area contributed by atoms with Crippen LogP contribution in [0.3, 0.4) is 0 Å². The van der Waals surface area contributed by atoms with E-state index in [0.717, 1.165) is 10.2 Å². The summed E-state index contributed by atoms with van der Waals surface area (Å²) in [7, 11) is 0. The molecule has 7 heteroatoms. The van der Waals surface area contributed by atoms with Crippen molar-refractivity contribution in [2.75, 3.05) is 0 Å². The molecule has 0 saturated heterocycles. The molecule has 0 radical (unpaired) electrons. The van der Waals surface area contributed by atoms with E-state index in [4.69, 9.17) is 27.9 Å². The van der Waals surface area contributed by atoms with Gasteiger partial charge < -0.3 is 4.74 Å². The molecule has 102 valence electrons. The Morgan fingerprint density at radius 1 is 1.20 bits per heavy atom. The highest BCUT2D eigenvalue weighted by molar-refractivity contribution is 7.16. The second-order valence-electron chi connectivity index (χ2n) is 3.93. The minimum Gasteiger partial charge on any atom is -0.486 e. The molecule has 3 aromatic rings. The van der Waals surface area contributed by atoms with Gasteiger partial charge in [-0.3, -0.25) is 0 Å². The zero-order chi connectivity index (χ0) is 14.1. The first-order valence-corrected chi connectivity index (χ1v) is 7.24. The molecule has 0 bridgehead atoms. The van der Waals surface area contributed by atoms with E-state index >= 15 is 0 Å². The average molecular weight is 329 g/mol. The quantitative estimate of drug-likeness (QED) is 0.653. The zero-order valence-corrected chi connectivity index (χ0v) is 12.3. The summed E-state index contributed by atoms with van der Waals surface area (Å²) in [6.07, 6.45) is 0. The summed E-state index contributed by atoms with van der Waals surface area (Å²) in [4.78, 5) is 9.27. The average Bonchev–Trinajstić information content (AvgIpc) is 2.89. The van der Waals surface area contributed by atoms with Crippen LogP contribution < -0.4 is 4.74 Å². The van der Waals surface area contributed by atoms with Gasteiger partial charge in [0.1, 0.15) is 28.2 Å². The number of hydrogen-bond acceptors (Lipinski definition) is 4. The zero-order valence-electron chi connectivity index (χ0n) is 9.94. The first kappa shape index (κ1) is 13.5. The largest absolute Gasteiger partial charge is 0.486 e. The SMILES string of the molecule is Fc1cc(OCc2nc(Cl)c3ccsc3n2)ccc1Cl. The molecule has 20 heavy (non-hydrogen) atoms. The Labute approximate surface area is 128 Å². The number of aromatic nitrogens is 2. The topological polar surface area (TPSA) is 35.0 Å². The summed E-state index contributed by atoms with van der Waals surface area (Å²) in [5.74, 6) is 0.273. The number of halogens is 3. The van der Waals surface area contributed by atoms with E-state index < -0.39 is 5.82 Å². The van der Waals surface area contributed by atoms with E-state index in [1.807, 2.05) is 11.4 Å². The lowest BCUT2D eigenvalue weighted by molar-refractivity contribution is 0.295. The number of fused-ring (bicyclic) bond motifs is 1. The van der Waals surface area contributed by atoms with Crippen LogP contribution in [0.2, 0.25) is 10.2 Å². The van der Waals surface area contributed by atoms with E-state index in [0.29, 0.717) is 16.7 Å². The van der Waals surface area contributed by atoms with Crippen molar-refractivity contribution >= 4 is 44.8 Å². The summed E-state index contributed by atoms with van der Waals surface area (Å²) < 4.78 is 18.7. The Balaban J connectivity index is 1.80. The molecule has 2 heterocycles. The number of rotatable bonds is 3. The fraction of sp³-hybridized carbons (Fsp3) is 0.0769. The molecule has 0 aliphatic heterocycles. The van der Waals surface area contributed by atoms with Crippen molar-refractivity contribution in [2.45, 2.75) is 6.61 Å². The number of nitrogens with zero attached hydrogens (tertiary/aromatic N) is 2. The predicted octanol–water partition coefficient (Wildman–Crippen LogP) is 4.72. The molecule has 0 N–H and O–H groups in total. The Morgan fingerprint density at radius 3 is 2.85 bits per heavy atom. The Morgan fingerprint density at radius 2 is 2.05 bits per heavy atom. The first-order valence-electron chi connectivity index (χ1n) is 5.61. The predicted molar refractivity (Wildman–Crippen MR) is 78.2 cm³/mol. The maximum atomic E-state index is 13.3. The Kier molecular flexibility index (Phi) is 3.74. The molecule has 0 unspecified atom stereocenters. The van der Waals surface area contributed by atoms with Crippen LogP contribution in [-0.4, -0.2) is 9.97 Å². The van der Waals surface area contributed by atoms with Crippen LogP contribution in [0, 0.1) is 5.82 Å². The van der Waals surface area contributed by atoms with Gasteiger partial charge in [-0.15, -0.1) is 11.3 Å². The Hall–Kier alpha value is -1.43. The number of benzene rings is 1. The number of hydrogen-bond donors (Lipinski definition) is 0. The third-order valence-electron chi connectivity index (χ3n) is 2.58. The smallest absolute Gasteiger partial charge is 0.169 e. The van der Waals surface area contributed by atoms with Crippen molar-refractivity contribution < 1.29 is 9.13 Å². The van der Waals surface area contributed by atoms with Crippen molar-refractivity contribution in [1.82, 2.24) is 9.97 Å². The van der Waals surface area contributed by atoms with Gasteiger partial charge in [-0.2, -0.15) is 0 Å². The number of ether oxygens (including phenoxy) is 1. The van der Waals surface area contributed by atoms with Gasteiger partial charge in [0.15, 0.2) is 5.82 Å². The molecule has 0 saturated carbocycles. The molecule has 0 aliphatic rings. The van der Waals surface area contributed by atoms with Crippen LogP contribution in [0.5, 0.6) is 5.75 Å². The van der Waals surface area contributed by atoms with Crippen LogP contribution in [0.1, 0.15) is 5.82 Å². The summed E-state index contributed by atoms with van der Waals surface area (Å²) >= 11 is 13.1. The lowest BCUT2D eigenvalue weighted by Crippen LogP contribution is -2.01. The van der Waals surface area contributed by atoms with Crippen molar-refractivity contribution in [3.05, 3.63) is 51.5 Å². The fourth-order valence-electron chi connectivity index (χ4n) is 1.64. The van der Waals surface area contributed by atoms with Gasteiger partial charge >= 0.3 is 0 Å². The molecule has 0 amide bonds. The molecule has 1 aromatic carbocycles. The van der Waals surface area contributed by atoms with Gasteiger partial charge in [0.25, 0.3) is 0 Å². The van der Waals surface area contributed by atoms with E-state index in [-0.39, 0.29) is 11.6 Å². The molecule has 0 atom stereocenters. The third-order valence-corrected chi connectivity index (χ3v) is 3.99. The molecule has 2 aromatic heterocycles. The van der Waals surface area contributed by atoms with Crippen LogP contribution in [0.25, 0.3) is 10.2 Å². The van der Waals surface area contributed by atoms with Gasteiger partial charge in [-0.25, -0.2) is 14.4 Å². The van der Waals surface area contributed by atoms with Crippen molar-refractivity contribution in [1.29, 1.82) is 0 Å². The lowest BCUT2D eigenvalue weighted by Gasteiger charge is -2.06. The van der Waals surface area contributed by atoms with Crippen molar-refractivity contribution in [3.63, 3.8) is 0 Å². The maximum Gasteiger partial charge on any atom is 0.169 e. The molecule has 0 aliphatic carbocycles. The van der Waals surface area contributed by atoms with Crippen LogP contribution in [-0.2, 0) is 6.61 Å². The van der Waals surface area contributed by atoms with E-state index in [9.17, 15) is 4.39 Å². The summed E-state index contributed by atoms with van der Waals surface area (Å²) in [6.45, 7) is 0.106. The molecular weight excluding hydrogens is 322 g/mol. The molecule has 0 spiro atoms. The molecule has 3 rings (SSSR count). The number of thiophene rings is 1. The minimum atomic E-state index is -0.531. The maximum absolute atomic E-state index is 13.3. The second kappa shape index (κ2) is 5.52. The standard InChI is InChI=1S/C13H7Cl2FN2OS/c14-9-2-1-7(5-10(9)16)19-6-11-17-12(15)8-3-4-20-13(8)18-11/h1-5H,6H2. The fourth-order valence-corrected chi connectivity index (χ4v) is 2.85. The highest BCUT2D eigenvalue weighted by Crippen LogP contribution is 2.25. The van der Waals surface area contributed by atoms with Gasteiger partial charge in [0.2, 0.25) is 0 Å². The van der Waals surface area contributed by atoms with Gasteiger partial charge in [0.05, 0.1) is 5.02 Å². The van der Waals surface area contributed by atoms with Crippen molar-refractivity contribution in [3.8, 4) is 5.75 Å². The van der Waals surface area contributed by atoms with E-state index in [1.165, 1.54) is 23.5 Å². The van der Waals surface area contributed by atoms with Crippen LogP contribution in [0.15, 0.2) is 29.6 Å². The minimum absolute atomic E-state index is 0.0525. The first-order chi connectivity index (χ1) is 9.63. The van der Waals surface area contributed by atoms with Gasteiger partial charge in [0, 0.05) is 11.5 Å². The monoisotopic (exact) mass is 328 g/mol. The highest BCUT2D eigenvalue weighted by Gasteiger charge is 2.08. The molecule has 0 fully saturated rings. The lowest BCUT2D eigenvalue weighted by atomic mass is 10.3. The second-order valence-corrected chi connectivity index (χ2v) is 5.59. The molecule has 3 nitrogen and oxygen atoms in total. The van der Waals surface area contributed by atoms with Crippen LogP contribution in [0.4, 0.5) is 4.39 Å². The van der Waals surface area contributed by atoms with Gasteiger partial charge in [-0.05, 0) is 23.6 Å². The molecular formula is C13H7Cl2FN2OS. The highest BCUT2D eigenvalue weighted by atomic mass is 35.5. The normalized spacial score (nSPS) is 10.9. The van der Waals surface area contributed by atoms with Crippen LogP contribution >= 0.6 is 34.5 Å². The Bertz CT molecular complexity index is 778. The van der Waals surface area contributed by atoms with E-state index in [2.05, 4.69) is 9.97 Å². The van der Waals surface area contributed by atoms with Gasteiger partial charge in [-0.1, -0.05) is 23.2 Å².